The van der Waals surface area contributed by atoms with Crippen molar-refractivity contribution in [1.29, 1.82) is 0 Å². The van der Waals surface area contributed by atoms with Crippen molar-refractivity contribution < 1.29 is 9.59 Å². The molecule has 8 nitrogen and oxygen atoms in total. The number of aromatic nitrogens is 2. The van der Waals surface area contributed by atoms with E-state index in [9.17, 15) is 9.59 Å². The van der Waals surface area contributed by atoms with Crippen molar-refractivity contribution in [3.8, 4) is 0 Å². The molecule has 8 heteroatoms. The molecule has 2 aromatic rings. The molecule has 0 radical (unpaired) electrons. The number of hydrogen-bond acceptors (Lipinski definition) is 5. The minimum atomic E-state index is -0.108. The summed E-state index contributed by atoms with van der Waals surface area (Å²) in [6, 6.07) is 9.46. The van der Waals surface area contributed by atoms with E-state index >= 15 is 0 Å². The van der Waals surface area contributed by atoms with Gasteiger partial charge in [0.15, 0.2) is 0 Å². The molecule has 30 heavy (non-hydrogen) atoms. The van der Waals surface area contributed by atoms with Crippen molar-refractivity contribution in [3.05, 3.63) is 48.3 Å². The molecular weight excluding hydrogens is 380 g/mol. The van der Waals surface area contributed by atoms with Gasteiger partial charge in [0.05, 0.1) is 0 Å². The molecule has 4 rings (SSSR count). The first-order valence-electron chi connectivity index (χ1n) is 10.5. The lowest BCUT2D eigenvalue weighted by Gasteiger charge is -2.38. The van der Waals surface area contributed by atoms with E-state index < -0.39 is 0 Å². The first kappa shape index (κ1) is 20.1. The van der Waals surface area contributed by atoms with Crippen LogP contribution >= 0.6 is 0 Å². The molecule has 1 N–H and O–H groups in total. The van der Waals surface area contributed by atoms with Gasteiger partial charge in [-0.05, 0) is 43.5 Å². The van der Waals surface area contributed by atoms with Gasteiger partial charge >= 0.3 is 6.03 Å². The van der Waals surface area contributed by atoms with Crippen LogP contribution in [0.1, 0.15) is 18.4 Å². The Morgan fingerprint density at radius 3 is 2.27 bits per heavy atom. The number of piperazine rings is 1. The second-order valence-electron chi connectivity index (χ2n) is 7.92. The van der Waals surface area contributed by atoms with Gasteiger partial charge < -0.3 is 20.0 Å². The van der Waals surface area contributed by atoms with Gasteiger partial charge in [0.1, 0.15) is 0 Å². The second-order valence-corrected chi connectivity index (χ2v) is 7.92. The Morgan fingerprint density at radius 2 is 1.60 bits per heavy atom. The van der Waals surface area contributed by atoms with Crippen molar-refractivity contribution in [3.63, 3.8) is 0 Å². The Balaban J connectivity index is 1.24. The molecule has 2 aliphatic heterocycles. The van der Waals surface area contributed by atoms with Crippen LogP contribution in [0.4, 0.5) is 16.4 Å². The van der Waals surface area contributed by atoms with E-state index in [1.807, 2.05) is 36.1 Å². The van der Waals surface area contributed by atoms with Crippen molar-refractivity contribution in [2.45, 2.75) is 19.8 Å². The van der Waals surface area contributed by atoms with Crippen LogP contribution in [0.3, 0.4) is 0 Å². The maximum atomic E-state index is 13.0. The molecule has 1 aromatic heterocycles. The molecule has 158 valence electrons. The zero-order chi connectivity index (χ0) is 20.9. The average Bonchev–Trinajstić information content (AvgIpc) is 2.79. The largest absolute Gasteiger partial charge is 0.341 e. The number of hydrogen-bond donors (Lipinski definition) is 1. The third-order valence-corrected chi connectivity index (χ3v) is 5.83. The van der Waals surface area contributed by atoms with E-state index in [2.05, 4.69) is 20.2 Å². The molecule has 2 fully saturated rings. The molecule has 3 amide bonds. The summed E-state index contributed by atoms with van der Waals surface area (Å²) in [4.78, 5) is 39.9. The Hall–Kier alpha value is -3.16. The van der Waals surface area contributed by atoms with E-state index in [1.54, 1.807) is 23.4 Å². The Bertz CT molecular complexity index is 874. The number of piperidine rings is 1. The van der Waals surface area contributed by atoms with Crippen molar-refractivity contribution >= 4 is 23.6 Å². The quantitative estimate of drug-likeness (QED) is 0.843. The number of anilines is 2. The molecular formula is C22H28N6O2. The molecule has 0 unspecified atom stereocenters. The van der Waals surface area contributed by atoms with Crippen molar-refractivity contribution in [2.75, 3.05) is 49.5 Å². The van der Waals surface area contributed by atoms with Crippen LogP contribution in [0.25, 0.3) is 0 Å². The highest BCUT2D eigenvalue weighted by atomic mass is 16.2. The smallest absolute Gasteiger partial charge is 0.321 e. The number of benzene rings is 1. The lowest BCUT2D eigenvalue weighted by Crippen LogP contribution is -2.53. The van der Waals surface area contributed by atoms with E-state index in [4.69, 9.17) is 0 Å². The van der Waals surface area contributed by atoms with Crippen molar-refractivity contribution in [1.82, 2.24) is 19.8 Å². The summed E-state index contributed by atoms with van der Waals surface area (Å²) in [7, 11) is 0. The van der Waals surface area contributed by atoms with Crippen LogP contribution in [0.2, 0.25) is 0 Å². The van der Waals surface area contributed by atoms with Crippen LogP contribution < -0.4 is 10.2 Å². The maximum absolute atomic E-state index is 13.0. The lowest BCUT2D eigenvalue weighted by molar-refractivity contribution is -0.137. The molecule has 1 aromatic carbocycles. The molecule has 0 spiro atoms. The van der Waals surface area contributed by atoms with Gasteiger partial charge in [0.25, 0.3) is 0 Å². The Morgan fingerprint density at radius 1 is 0.933 bits per heavy atom. The summed E-state index contributed by atoms with van der Waals surface area (Å²) in [5.74, 6) is 0.983. The number of carbonyl (C=O) groups is 2. The zero-order valence-corrected chi connectivity index (χ0v) is 17.3. The summed E-state index contributed by atoms with van der Waals surface area (Å²) in [5, 5.41) is 2.95. The minimum Gasteiger partial charge on any atom is -0.341 e. The van der Waals surface area contributed by atoms with Gasteiger partial charge in [-0.1, -0.05) is 12.1 Å². The standard InChI is InChI=1S/C22H28N6O2/c1-17-4-2-5-19(16-17)25-22(30)28-14-12-26(13-15-28)20(29)18-6-10-27(11-7-18)21-23-8-3-9-24-21/h2-5,8-9,16,18H,6-7,10-15H2,1H3,(H,25,30). The molecule has 3 heterocycles. The summed E-state index contributed by atoms with van der Waals surface area (Å²) >= 11 is 0. The fraction of sp³-hybridized carbons (Fsp3) is 0.455. The number of carbonyl (C=O) groups excluding carboxylic acids is 2. The number of nitrogens with one attached hydrogen (secondary N) is 1. The van der Waals surface area contributed by atoms with E-state index in [1.165, 1.54) is 0 Å². The molecule has 0 saturated carbocycles. The van der Waals surface area contributed by atoms with E-state index in [0.29, 0.717) is 26.2 Å². The lowest BCUT2D eigenvalue weighted by atomic mass is 9.95. The number of amides is 3. The third-order valence-electron chi connectivity index (χ3n) is 5.83. The SMILES string of the molecule is Cc1cccc(NC(=O)N2CCN(C(=O)C3CCN(c4ncccn4)CC3)CC2)c1. The predicted molar refractivity (Wildman–Crippen MR) is 115 cm³/mol. The highest BCUT2D eigenvalue weighted by molar-refractivity contribution is 5.89. The van der Waals surface area contributed by atoms with Crippen LogP contribution in [-0.2, 0) is 4.79 Å². The van der Waals surface area contributed by atoms with Gasteiger partial charge in [-0.25, -0.2) is 14.8 Å². The van der Waals surface area contributed by atoms with Crippen LogP contribution in [0, 0.1) is 12.8 Å². The third kappa shape index (κ3) is 4.69. The molecule has 2 aliphatic rings. The second kappa shape index (κ2) is 9.11. The first-order chi connectivity index (χ1) is 14.6. The fourth-order valence-corrected chi connectivity index (χ4v) is 4.09. The number of rotatable bonds is 3. The molecule has 0 aliphatic carbocycles. The van der Waals surface area contributed by atoms with Crippen LogP contribution in [-0.4, -0.2) is 71.0 Å². The molecule has 0 bridgehead atoms. The van der Waals surface area contributed by atoms with E-state index in [0.717, 1.165) is 43.1 Å². The summed E-state index contributed by atoms with van der Waals surface area (Å²) < 4.78 is 0. The highest BCUT2D eigenvalue weighted by Crippen LogP contribution is 2.23. The Kier molecular flexibility index (Phi) is 6.11. The Labute approximate surface area is 176 Å². The zero-order valence-electron chi connectivity index (χ0n) is 17.3. The van der Waals surface area contributed by atoms with Gasteiger partial charge in [-0.2, -0.15) is 0 Å². The number of aryl methyl sites for hydroxylation is 1. The number of nitrogens with zero attached hydrogens (tertiary/aromatic N) is 5. The predicted octanol–water partition coefficient (Wildman–Crippen LogP) is 2.38. The summed E-state index contributed by atoms with van der Waals surface area (Å²) in [6.45, 7) is 5.86. The summed E-state index contributed by atoms with van der Waals surface area (Å²) in [5.41, 5.74) is 1.90. The highest BCUT2D eigenvalue weighted by Gasteiger charge is 2.31. The first-order valence-corrected chi connectivity index (χ1v) is 10.5. The van der Waals surface area contributed by atoms with Crippen molar-refractivity contribution in [2.24, 2.45) is 5.92 Å². The fourth-order valence-electron chi connectivity index (χ4n) is 4.09. The van der Waals surface area contributed by atoms with Gasteiger partial charge in [0.2, 0.25) is 11.9 Å². The van der Waals surface area contributed by atoms with Gasteiger partial charge in [-0.15, -0.1) is 0 Å². The molecule has 0 atom stereocenters. The van der Waals surface area contributed by atoms with Crippen LogP contribution in [0.5, 0.6) is 0 Å². The number of urea groups is 1. The maximum Gasteiger partial charge on any atom is 0.321 e. The van der Waals surface area contributed by atoms with E-state index in [-0.39, 0.29) is 17.9 Å². The monoisotopic (exact) mass is 408 g/mol. The average molecular weight is 409 g/mol. The summed E-state index contributed by atoms with van der Waals surface area (Å²) in [6.07, 6.45) is 5.11. The van der Waals surface area contributed by atoms with Gasteiger partial charge in [0, 0.05) is 63.3 Å². The minimum absolute atomic E-state index is 0.0395. The molecule has 2 saturated heterocycles. The topological polar surface area (TPSA) is 81.7 Å². The van der Waals surface area contributed by atoms with Gasteiger partial charge in [-0.3, -0.25) is 4.79 Å². The van der Waals surface area contributed by atoms with Crippen LogP contribution in [0.15, 0.2) is 42.7 Å². The normalized spacial score (nSPS) is 17.7.